The monoisotopic (exact) mass is 365 g/mol. The van der Waals surface area contributed by atoms with Crippen molar-refractivity contribution in [2.45, 2.75) is 32.9 Å². The Morgan fingerprint density at radius 3 is 2.71 bits per heavy atom. The van der Waals surface area contributed by atoms with Gasteiger partial charge in [-0.3, -0.25) is 9.69 Å². The molecule has 0 radical (unpaired) electrons. The molecule has 0 amide bonds. The van der Waals surface area contributed by atoms with E-state index in [0.29, 0.717) is 12.5 Å². The zero-order chi connectivity index (χ0) is 15.2. The quantitative estimate of drug-likeness (QED) is 0.643. The number of halogens is 1. The van der Waals surface area contributed by atoms with Crippen LogP contribution in [0, 0.1) is 0 Å². The number of nitrogens with zero attached hydrogens (tertiary/aromatic N) is 1. The number of thiophene rings is 1. The van der Waals surface area contributed by atoms with Gasteiger partial charge in [-0.25, -0.2) is 0 Å². The number of benzene rings is 1. The Hall–Kier alpha value is -0.970. The van der Waals surface area contributed by atoms with E-state index in [0.717, 1.165) is 23.1 Å². The van der Waals surface area contributed by atoms with Gasteiger partial charge in [-0.1, -0.05) is 34.1 Å². The largest absolute Gasteiger partial charge is 0.295 e. The second-order valence-electron chi connectivity index (χ2n) is 5.33. The molecule has 2 rings (SSSR count). The Bertz CT molecular complexity index is 580. The Morgan fingerprint density at radius 1 is 1.29 bits per heavy atom. The molecule has 0 aliphatic heterocycles. The van der Waals surface area contributed by atoms with Crippen LogP contribution < -0.4 is 0 Å². The van der Waals surface area contributed by atoms with Crippen molar-refractivity contribution in [2.75, 3.05) is 6.54 Å². The van der Waals surface area contributed by atoms with Crippen molar-refractivity contribution in [1.29, 1.82) is 0 Å². The minimum absolute atomic E-state index is 0.202. The fourth-order valence-electron chi connectivity index (χ4n) is 2.17. The number of carbonyl (C=O) groups excluding carboxylic acids is 1. The van der Waals surface area contributed by atoms with Gasteiger partial charge in [0.25, 0.3) is 0 Å². The van der Waals surface area contributed by atoms with E-state index in [1.807, 2.05) is 24.3 Å². The van der Waals surface area contributed by atoms with Crippen LogP contribution in [0.15, 0.2) is 46.3 Å². The second kappa shape index (κ2) is 7.87. The van der Waals surface area contributed by atoms with Gasteiger partial charge < -0.3 is 0 Å². The van der Waals surface area contributed by atoms with Gasteiger partial charge in [0, 0.05) is 40.5 Å². The zero-order valence-electron chi connectivity index (χ0n) is 12.4. The van der Waals surface area contributed by atoms with E-state index >= 15 is 0 Å². The summed E-state index contributed by atoms with van der Waals surface area (Å²) in [6, 6.07) is 12.3. The van der Waals surface area contributed by atoms with Gasteiger partial charge in [-0.05, 0) is 37.4 Å². The highest BCUT2D eigenvalue weighted by atomic mass is 79.9. The van der Waals surface area contributed by atoms with Crippen LogP contribution in [0.2, 0.25) is 0 Å². The minimum Gasteiger partial charge on any atom is -0.295 e. The van der Waals surface area contributed by atoms with Gasteiger partial charge in [-0.15, -0.1) is 11.3 Å². The van der Waals surface area contributed by atoms with Gasteiger partial charge in [0.05, 0.1) is 0 Å². The molecule has 0 bridgehead atoms. The third kappa shape index (κ3) is 5.06. The van der Waals surface area contributed by atoms with Crippen LogP contribution in [0.3, 0.4) is 0 Å². The maximum atomic E-state index is 12.3. The summed E-state index contributed by atoms with van der Waals surface area (Å²) in [4.78, 5) is 16.0. The maximum absolute atomic E-state index is 12.3. The Balaban J connectivity index is 1.94. The summed E-state index contributed by atoms with van der Waals surface area (Å²) >= 11 is 5.18. The Labute approximate surface area is 138 Å². The number of hydrogen-bond acceptors (Lipinski definition) is 3. The summed E-state index contributed by atoms with van der Waals surface area (Å²) < 4.78 is 0.952. The smallest absolute Gasteiger partial charge is 0.164 e. The first-order chi connectivity index (χ1) is 10.1. The molecule has 1 aromatic heterocycles. The van der Waals surface area contributed by atoms with Gasteiger partial charge in [0.2, 0.25) is 0 Å². The first kappa shape index (κ1) is 16.4. The van der Waals surface area contributed by atoms with Gasteiger partial charge in [0.1, 0.15) is 0 Å². The first-order valence-electron chi connectivity index (χ1n) is 7.11. The molecule has 4 heteroatoms. The molecule has 0 aliphatic carbocycles. The summed E-state index contributed by atoms with van der Waals surface area (Å²) in [6.07, 6.45) is 0.556. The van der Waals surface area contributed by atoms with Crippen molar-refractivity contribution in [3.8, 4) is 0 Å². The average molecular weight is 366 g/mol. The van der Waals surface area contributed by atoms with E-state index in [2.05, 4.69) is 52.2 Å². The number of rotatable bonds is 7. The first-order valence-corrected chi connectivity index (χ1v) is 8.78. The standard InChI is InChI=1S/C17H20BrNOS/c1-13(2)19(12-16-7-4-10-21-16)9-8-17(20)14-5-3-6-15(18)11-14/h3-7,10-11,13H,8-9,12H2,1-2H3. The lowest BCUT2D eigenvalue weighted by molar-refractivity contribution is 0.0953. The van der Waals surface area contributed by atoms with E-state index in [-0.39, 0.29) is 5.78 Å². The molecule has 0 N–H and O–H groups in total. The molecule has 2 nitrogen and oxygen atoms in total. The number of hydrogen-bond donors (Lipinski definition) is 0. The summed E-state index contributed by atoms with van der Waals surface area (Å²) in [7, 11) is 0. The molecule has 0 aliphatic rings. The SMILES string of the molecule is CC(C)N(CCC(=O)c1cccc(Br)c1)Cc1cccs1. The highest BCUT2D eigenvalue weighted by molar-refractivity contribution is 9.10. The molecular weight excluding hydrogens is 346 g/mol. The Kier molecular flexibility index (Phi) is 6.15. The lowest BCUT2D eigenvalue weighted by atomic mass is 10.1. The molecule has 0 atom stereocenters. The molecule has 21 heavy (non-hydrogen) atoms. The van der Waals surface area contributed by atoms with Crippen molar-refractivity contribution in [3.63, 3.8) is 0 Å². The predicted molar refractivity (Wildman–Crippen MR) is 93.0 cm³/mol. The topological polar surface area (TPSA) is 20.3 Å². The van der Waals surface area contributed by atoms with Crippen molar-refractivity contribution in [3.05, 3.63) is 56.7 Å². The normalized spacial score (nSPS) is 11.3. The molecule has 0 unspecified atom stereocenters. The van der Waals surface area contributed by atoms with Crippen molar-refractivity contribution < 1.29 is 4.79 Å². The van der Waals surface area contributed by atoms with Gasteiger partial charge >= 0.3 is 0 Å². The lowest BCUT2D eigenvalue weighted by Gasteiger charge is -2.25. The second-order valence-corrected chi connectivity index (χ2v) is 7.28. The van der Waals surface area contributed by atoms with Crippen molar-refractivity contribution in [1.82, 2.24) is 4.90 Å². The van der Waals surface area contributed by atoms with Crippen LogP contribution >= 0.6 is 27.3 Å². The number of ketones is 1. The predicted octanol–water partition coefficient (Wildman–Crippen LogP) is 4.99. The van der Waals surface area contributed by atoms with E-state index < -0.39 is 0 Å². The fourth-order valence-corrected chi connectivity index (χ4v) is 3.30. The van der Waals surface area contributed by atoms with Crippen molar-refractivity contribution >= 4 is 33.0 Å². The van der Waals surface area contributed by atoms with E-state index in [4.69, 9.17) is 0 Å². The minimum atomic E-state index is 0.202. The van der Waals surface area contributed by atoms with Crippen LogP contribution in [0.4, 0.5) is 0 Å². The van der Waals surface area contributed by atoms with Crippen LogP contribution in [-0.4, -0.2) is 23.3 Å². The molecule has 0 saturated carbocycles. The molecule has 0 spiro atoms. The third-order valence-corrected chi connectivity index (χ3v) is 4.80. The third-order valence-electron chi connectivity index (χ3n) is 3.44. The number of Topliss-reactive ketones (excluding diaryl/α,β-unsaturated/α-hetero) is 1. The zero-order valence-corrected chi connectivity index (χ0v) is 14.8. The summed E-state index contributed by atoms with van der Waals surface area (Å²) in [6.45, 7) is 6.07. The molecule has 2 aromatic rings. The van der Waals surface area contributed by atoms with Crippen LogP contribution in [0.5, 0.6) is 0 Å². The number of carbonyl (C=O) groups is 1. The van der Waals surface area contributed by atoms with E-state index in [1.165, 1.54) is 4.88 Å². The summed E-state index contributed by atoms with van der Waals surface area (Å²) in [5.41, 5.74) is 0.782. The highest BCUT2D eigenvalue weighted by Crippen LogP contribution is 2.16. The van der Waals surface area contributed by atoms with Crippen LogP contribution in [0.25, 0.3) is 0 Å². The lowest BCUT2D eigenvalue weighted by Crippen LogP contribution is -2.32. The fraction of sp³-hybridized carbons (Fsp3) is 0.353. The average Bonchev–Trinajstić information content (AvgIpc) is 2.95. The van der Waals surface area contributed by atoms with E-state index in [1.54, 1.807) is 11.3 Å². The van der Waals surface area contributed by atoms with Gasteiger partial charge in [-0.2, -0.15) is 0 Å². The summed E-state index contributed by atoms with van der Waals surface area (Å²) in [5, 5.41) is 2.10. The van der Waals surface area contributed by atoms with Crippen molar-refractivity contribution in [2.24, 2.45) is 0 Å². The molecule has 1 aromatic carbocycles. The van der Waals surface area contributed by atoms with Crippen LogP contribution in [0.1, 0.15) is 35.5 Å². The molecular formula is C17H20BrNOS. The molecule has 0 fully saturated rings. The van der Waals surface area contributed by atoms with E-state index in [9.17, 15) is 4.79 Å². The molecule has 1 heterocycles. The van der Waals surface area contributed by atoms with Gasteiger partial charge in [0.15, 0.2) is 5.78 Å². The summed E-state index contributed by atoms with van der Waals surface area (Å²) in [5.74, 6) is 0.202. The maximum Gasteiger partial charge on any atom is 0.164 e. The molecule has 112 valence electrons. The molecule has 0 saturated heterocycles. The highest BCUT2D eigenvalue weighted by Gasteiger charge is 2.14. The van der Waals surface area contributed by atoms with Crippen LogP contribution in [-0.2, 0) is 6.54 Å². The Morgan fingerprint density at radius 2 is 2.10 bits per heavy atom.